The Labute approximate surface area is 124 Å². The van der Waals surface area contributed by atoms with E-state index < -0.39 is 11.8 Å². The van der Waals surface area contributed by atoms with Crippen LogP contribution in [0.25, 0.3) is 0 Å². The van der Waals surface area contributed by atoms with Gasteiger partial charge >= 0.3 is 11.8 Å². The largest absolute Gasteiger partial charge is 0.330 e. The lowest BCUT2D eigenvalue weighted by atomic mass is 10.2. The van der Waals surface area contributed by atoms with Crippen LogP contribution in [0.2, 0.25) is 0 Å². The lowest BCUT2D eigenvalue weighted by Gasteiger charge is -2.23. The molecule has 6 nitrogen and oxygen atoms in total. The number of anilines is 1. The van der Waals surface area contributed by atoms with Crippen molar-refractivity contribution in [1.82, 2.24) is 4.90 Å². The first-order valence-electron chi connectivity index (χ1n) is 6.89. The van der Waals surface area contributed by atoms with Gasteiger partial charge in [-0.2, -0.15) is 0 Å². The molecule has 0 saturated heterocycles. The molecule has 0 aromatic heterocycles. The third-order valence-electron chi connectivity index (χ3n) is 3.05. The number of amides is 3. The molecule has 0 fully saturated rings. The Morgan fingerprint density at radius 1 is 1.29 bits per heavy atom. The average molecular weight is 291 g/mol. The van der Waals surface area contributed by atoms with E-state index in [1.54, 1.807) is 13.0 Å². The first-order chi connectivity index (χ1) is 10.0. The second-order valence-corrected chi connectivity index (χ2v) is 4.63. The third-order valence-corrected chi connectivity index (χ3v) is 3.05. The zero-order valence-electron chi connectivity index (χ0n) is 12.4. The van der Waals surface area contributed by atoms with Gasteiger partial charge in [-0.3, -0.25) is 19.3 Å². The molecule has 114 valence electrons. The van der Waals surface area contributed by atoms with Gasteiger partial charge in [-0.25, -0.2) is 0 Å². The number of carbonyl (C=O) groups is 3. The molecule has 21 heavy (non-hydrogen) atoms. The summed E-state index contributed by atoms with van der Waals surface area (Å²) in [5, 5.41) is 0. The van der Waals surface area contributed by atoms with Crippen molar-refractivity contribution in [3.05, 3.63) is 29.8 Å². The molecule has 1 rings (SSSR count). The standard InChI is InChI=1S/C15H21N3O3/c1-3-18(13-7-4-6-12(2)10-13)15(21)14(20)17(11-19)9-5-8-16/h4,6-7,10-11H,3,5,8-9,16H2,1-2H3. The second-order valence-electron chi connectivity index (χ2n) is 4.63. The van der Waals surface area contributed by atoms with Gasteiger partial charge in [0.15, 0.2) is 0 Å². The van der Waals surface area contributed by atoms with Crippen LogP contribution in [0.15, 0.2) is 24.3 Å². The number of nitrogens with two attached hydrogens (primary N) is 1. The predicted octanol–water partition coefficient (Wildman–Crippen LogP) is 0.682. The highest BCUT2D eigenvalue weighted by molar-refractivity contribution is 6.41. The number of rotatable bonds is 6. The molecule has 0 bridgehead atoms. The molecule has 2 N–H and O–H groups in total. The van der Waals surface area contributed by atoms with Crippen molar-refractivity contribution in [1.29, 1.82) is 0 Å². The number of aryl methyl sites for hydroxylation is 1. The summed E-state index contributed by atoms with van der Waals surface area (Å²) < 4.78 is 0. The fourth-order valence-corrected chi connectivity index (χ4v) is 1.94. The van der Waals surface area contributed by atoms with Crippen molar-refractivity contribution < 1.29 is 14.4 Å². The maximum absolute atomic E-state index is 12.3. The van der Waals surface area contributed by atoms with E-state index in [0.29, 0.717) is 31.6 Å². The Balaban J connectivity index is 2.92. The molecule has 0 aliphatic rings. The van der Waals surface area contributed by atoms with Gasteiger partial charge in [0.1, 0.15) is 0 Å². The molecule has 1 aromatic rings. The molecule has 0 radical (unpaired) electrons. The van der Waals surface area contributed by atoms with E-state index in [0.717, 1.165) is 10.5 Å². The minimum Gasteiger partial charge on any atom is -0.330 e. The molecule has 0 atom stereocenters. The quantitative estimate of drug-likeness (QED) is 0.617. The van der Waals surface area contributed by atoms with Gasteiger partial charge < -0.3 is 10.6 Å². The molecule has 0 aliphatic carbocycles. The van der Waals surface area contributed by atoms with Crippen LogP contribution < -0.4 is 10.6 Å². The highest BCUT2D eigenvalue weighted by atomic mass is 16.2. The van der Waals surface area contributed by atoms with Gasteiger partial charge in [-0.05, 0) is 44.5 Å². The molecule has 0 heterocycles. The Kier molecular flexibility index (Phi) is 6.55. The van der Waals surface area contributed by atoms with Crippen molar-refractivity contribution in [2.75, 3.05) is 24.5 Å². The average Bonchev–Trinajstić information content (AvgIpc) is 2.48. The van der Waals surface area contributed by atoms with Crippen LogP contribution >= 0.6 is 0 Å². The fraction of sp³-hybridized carbons (Fsp3) is 0.400. The Bertz CT molecular complexity index is 517. The van der Waals surface area contributed by atoms with Crippen molar-refractivity contribution in [3.8, 4) is 0 Å². The lowest BCUT2D eigenvalue weighted by molar-refractivity contribution is -0.147. The maximum atomic E-state index is 12.3. The number of benzene rings is 1. The van der Waals surface area contributed by atoms with Crippen molar-refractivity contribution in [2.45, 2.75) is 20.3 Å². The van der Waals surface area contributed by atoms with E-state index in [1.165, 1.54) is 4.90 Å². The SMILES string of the molecule is CCN(C(=O)C(=O)N(C=O)CCCN)c1cccc(C)c1. The Hall–Kier alpha value is -2.21. The van der Waals surface area contributed by atoms with E-state index >= 15 is 0 Å². The monoisotopic (exact) mass is 291 g/mol. The van der Waals surface area contributed by atoms with Gasteiger partial charge in [-0.15, -0.1) is 0 Å². The molecular weight excluding hydrogens is 270 g/mol. The predicted molar refractivity (Wildman–Crippen MR) is 80.7 cm³/mol. The highest BCUT2D eigenvalue weighted by Crippen LogP contribution is 2.16. The van der Waals surface area contributed by atoms with Gasteiger partial charge in [0.25, 0.3) is 0 Å². The topological polar surface area (TPSA) is 83.7 Å². The summed E-state index contributed by atoms with van der Waals surface area (Å²) in [7, 11) is 0. The van der Waals surface area contributed by atoms with E-state index in [-0.39, 0.29) is 6.54 Å². The normalized spacial score (nSPS) is 10.0. The third kappa shape index (κ3) is 4.39. The van der Waals surface area contributed by atoms with Gasteiger partial charge in [-0.1, -0.05) is 12.1 Å². The zero-order valence-corrected chi connectivity index (χ0v) is 12.4. The highest BCUT2D eigenvalue weighted by Gasteiger charge is 2.26. The van der Waals surface area contributed by atoms with Crippen molar-refractivity contribution in [3.63, 3.8) is 0 Å². The van der Waals surface area contributed by atoms with Crippen LogP contribution in [0, 0.1) is 6.92 Å². The molecule has 0 aliphatic heterocycles. The minimum absolute atomic E-state index is 0.149. The van der Waals surface area contributed by atoms with Crippen LogP contribution in [-0.2, 0) is 14.4 Å². The lowest BCUT2D eigenvalue weighted by Crippen LogP contribution is -2.45. The number of nitrogens with zero attached hydrogens (tertiary/aromatic N) is 2. The summed E-state index contributed by atoms with van der Waals surface area (Å²) in [5.74, 6) is -1.55. The van der Waals surface area contributed by atoms with Crippen LogP contribution in [-0.4, -0.2) is 42.8 Å². The van der Waals surface area contributed by atoms with Gasteiger partial charge in [0.2, 0.25) is 6.41 Å². The Morgan fingerprint density at radius 3 is 2.52 bits per heavy atom. The van der Waals surface area contributed by atoms with E-state index in [1.807, 2.05) is 25.1 Å². The van der Waals surface area contributed by atoms with Crippen LogP contribution in [0.4, 0.5) is 5.69 Å². The van der Waals surface area contributed by atoms with Gasteiger partial charge in [0.05, 0.1) is 0 Å². The maximum Gasteiger partial charge on any atom is 0.318 e. The molecule has 0 spiro atoms. The number of likely N-dealkylation sites (N-methyl/N-ethyl adjacent to an activating group) is 1. The smallest absolute Gasteiger partial charge is 0.318 e. The Morgan fingerprint density at radius 2 is 2.00 bits per heavy atom. The molecule has 0 unspecified atom stereocenters. The molecular formula is C15H21N3O3. The first-order valence-corrected chi connectivity index (χ1v) is 6.89. The number of hydrogen-bond donors (Lipinski definition) is 1. The van der Waals surface area contributed by atoms with E-state index in [4.69, 9.17) is 5.73 Å². The van der Waals surface area contributed by atoms with Crippen molar-refractivity contribution >= 4 is 23.9 Å². The van der Waals surface area contributed by atoms with Gasteiger partial charge in [0, 0.05) is 18.8 Å². The first kappa shape index (κ1) is 16.8. The summed E-state index contributed by atoms with van der Waals surface area (Å²) in [5.41, 5.74) is 6.98. The summed E-state index contributed by atoms with van der Waals surface area (Å²) in [6.45, 7) is 4.52. The van der Waals surface area contributed by atoms with E-state index in [9.17, 15) is 14.4 Å². The molecule has 1 aromatic carbocycles. The summed E-state index contributed by atoms with van der Waals surface area (Å²) >= 11 is 0. The number of carbonyl (C=O) groups excluding carboxylic acids is 3. The summed E-state index contributed by atoms with van der Waals surface area (Å²) in [6.07, 6.45) is 0.842. The molecule has 6 heteroatoms. The summed E-state index contributed by atoms with van der Waals surface area (Å²) in [6, 6.07) is 7.30. The summed E-state index contributed by atoms with van der Waals surface area (Å²) in [4.78, 5) is 37.6. The van der Waals surface area contributed by atoms with Crippen molar-refractivity contribution in [2.24, 2.45) is 5.73 Å². The van der Waals surface area contributed by atoms with Crippen LogP contribution in [0.1, 0.15) is 18.9 Å². The van der Waals surface area contributed by atoms with E-state index in [2.05, 4.69) is 0 Å². The second kappa shape index (κ2) is 8.16. The minimum atomic E-state index is -0.832. The molecule has 0 saturated carbocycles. The molecule has 3 amide bonds. The number of hydrogen-bond acceptors (Lipinski definition) is 4. The number of imide groups is 1. The zero-order chi connectivity index (χ0) is 15.8. The fourth-order valence-electron chi connectivity index (χ4n) is 1.94. The van der Waals surface area contributed by atoms with Crippen LogP contribution in [0.5, 0.6) is 0 Å². The van der Waals surface area contributed by atoms with Crippen LogP contribution in [0.3, 0.4) is 0 Å².